The second kappa shape index (κ2) is 8.67. The van der Waals surface area contributed by atoms with Crippen molar-refractivity contribution in [1.82, 2.24) is 4.90 Å². The number of methoxy groups -OCH3 is 1. The summed E-state index contributed by atoms with van der Waals surface area (Å²) in [5.74, 6) is 1.71. The molecule has 0 aliphatic carbocycles. The molecule has 0 aromatic heterocycles. The molecule has 3 aromatic rings. The lowest BCUT2D eigenvalue weighted by Gasteiger charge is -2.32. The maximum Gasteiger partial charge on any atom is 0.244 e. The van der Waals surface area contributed by atoms with Crippen LogP contribution < -0.4 is 14.4 Å². The Morgan fingerprint density at radius 1 is 0.969 bits per heavy atom. The molecule has 1 fully saturated rings. The van der Waals surface area contributed by atoms with E-state index in [2.05, 4.69) is 36.1 Å². The van der Waals surface area contributed by atoms with E-state index in [1.54, 1.807) is 7.11 Å². The SMILES string of the molecule is COc1ccc(CN2C(=O)[C@@H]3C[C@@H](CN3Cc3ccccc3C)Oc3ccccc32)cc1. The van der Waals surface area contributed by atoms with Crippen molar-refractivity contribution >= 4 is 11.6 Å². The lowest BCUT2D eigenvalue weighted by molar-refractivity contribution is -0.123. The third kappa shape index (κ3) is 3.96. The molecule has 2 aliphatic rings. The first-order valence-electron chi connectivity index (χ1n) is 11.1. The van der Waals surface area contributed by atoms with Crippen LogP contribution in [0.25, 0.3) is 0 Å². The van der Waals surface area contributed by atoms with Gasteiger partial charge in [0, 0.05) is 19.5 Å². The Kier molecular flexibility index (Phi) is 5.58. The van der Waals surface area contributed by atoms with E-state index >= 15 is 0 Å². The molecule has 0 N–H and O–H groups in total. The normalized spacial score (nSPS) is 20.3. The lowest BCUT2D eigenvalue weighted by atomic mass is 10.1. The fourth-order valence-electron chi connectivity index (χ4n) is 4.72. The third-order valence-corrected chi connectivity index (χ3v) is 6.50. The predicted molar refractivity (Wildman–Crippen MR) is 125 cm³/mol. The van der Waals surface area contributed by atoms with Crippen molar-refractivity contribution in [2.75, 3.05) is 18.6 Å². The van der Waals surface area contributed by atoms with E-state index in [1.807, 2.05) is 53.4 Å². The first-order chi connectivity index (χ1) is 15.6. The first-order valence-corrected chi connectivity index (χ1v) is 11.1. The second-order valence-corrected chi connectivity index (χ2v) is 8.59. The van der Waals surface area contributed by atoms with Crippen molar-refractivity contribution in [3.05, 3.63) is 89.5 Å². The minimum absolute atomic E-state index is 0.0113. The van der Waals surface area contributed by atoms with Gasteiger partial charge in [0.25, 0.3) is 0 Å². The molecule has 5 nitrogen and oxygen atoms in total. The van der Waals surface area contributed by atoms with Gasteiger partial charge in [-0.3, -0.25) is 9.69 Å². The number of rotatable bonds is 5. The first kappa shape index (κ1) is 20.6. The molecule has 5 heteroatoms. The van der Waals surface area contributed by atoms with Gasteiger partial charge in [-0.25, -0.2) is 0 Å². The maximum absolute atomic E-state index is 13.9. The zero-order valence-corrected chi connectivity index (χ0v) is 18.5. The molecule has 2 heterocycles. The summed E-state index contributed by atoms with van der Waals surface area (Å²) in [6.45, 7) is 4.10. The highest BCUT2D eigenvalue weighted by atomic mass is 16.5. The molecule has 3 aromatic carbocycles. The van der Waals surface area contributed by atoms with E-state index in [4.69, 9.17) is 9.47 Å². The van der Waals surface area contributed by atoms with Crippen LogP contribution in [0.3, 0.4) is 0 Å². The fourth-order valence-corrected chi connectivity index (χ4v) is 4.72. The number of para-hydroxylation sites is 2. The number of likely N-dealkylation sites (tertiary alicyclic amines) is 1. The van der Waals surface area contributed by atoms with E-state index in [1.165, 1.54) is 11.1 Å². The van der Waals surface area contributed by atoms with Crippen LogP contribution in [0.15, 0.2) is 72.8 Å². The molecule has 1 saturated heterocycles. The smallest absolute Gasteiger partial charge is 0.244 e. The topological polar surface area (TPSA) is 42.0 Å². The molecular formula is C27H28N2O3. The zero-order chi connectivity index (χ0) is 22.1. The Balaban J connectivity index is 1.48. The Hall–Kier alpha value is -3.31. The van der Waals surface area contributed by atoms with Gasteiger partial charge < -0.3 is 14.4 Å². The number of fused-ring (bicyclic) bond motifs is 3. The predicted octanol–water partition coefficient (Wildman–Crippen LogP) is 4.57. The Bertz CT molecular complexity index is 1110. The van der Waals surface area contributed by atoms with Crippen LogP contribution in [-0.2, 0) is 17.9 Å². The van der Waals surface area contributed by atoms with Gasteiger partial charge in [0.15, 0.2) is 0 Å². The van der Waals surface area contributed by atoms with Crippen molar-refractivity contribution < 1.29 is 14.3 Å². The number of benzene rings is 3. The van der Waals surface area contributed by atoms with Crippen LogP contribution in [0.2, 0.25) is 0 Å². The van der Waals surface area contributed by atoms with Gasteiger partial charge in [0.1, 0.15) is 17.6 Å². The molecule has 0 radical (unpaired) electrons. The summed E-state index contributed by atoms with van der Waals surface area (Å²) < 4.78 is 11.7. The fraction of sp³-hybridized carbons (Fsp3) is 0.296. The van der Waals surface area contributed by atoms with Crippen LogP contribution >= 0.6 is 0 Å². The molecule has 32 heavy (non-hydrogen) atoms. The van der Waals surface area contributed by atoms with Crippen molar-refractivity contribution in [3.8, 4) is 11.5 Å². The number of aryl methyl sites for hydroxylation is 1. The summed E-state index contributed by atoms with van der Waals surface area (Å²) in [4.78, 5) is 18.1. The average molecular weight is 429 g/mol. The largest absolute Gasteiger partial charge is 0.497 e. The maximum atomic E-state index is 13.9. The van der Waals surface area contributed by atoms with Crippen molar-refractivity contribution in [3.63, 3.8) is 0 Å². The number of amides is 1. The molecule has 2 aliphatic heterocycles. The number of hydrogen-bond donors (Lipinski definition) is 0. The van der Waals surface area contributed by atoms with E-state index in [0.29, 0.717) is 13.0 Å². The summed E-state index contributed by atoms with van der Waals surface area (Å²) in [5, 5.41) is 0. The molecular weight excluding hydrogens is 400 g/mol. The number of anilines is 1. The molecule has 0 saturated carbocycles. The van der Waals surface area contributed by atoms with Crippen LogP contribution in [0.4, 0.5) is 5.69 Å². The molecule has 0 unspecified atom stereocenters. The van der Waals surface area contributed by atoms with Gasteiger partial charge in [-0.15, -0.1) is 0 Å². The minimum Gasteiger partial charge on any atom is -0.497 e. The number of ether oxygens (including phenoxy) is 2. The molecule has 2 bridgehead atoms. The molecule has 1 amide bonds. The quantitative estimate of drug-likeness (QED) is 0.597. The van der Waals surface area contributed by atoms with Crippen molar-refractivity contribution in [2.45, 2.75) is 38.6 Å². The summed E-state index contributed by atoms with van der Waals surface area (Å²) >= 11 is 0. The number of carbonyl (C=O) groups is 1. The lowest BCUT2D eigenvalue weighted by Crippen LogP contribution is -2.45. The van der Waals surface area contributed by atoms with Crippen molar-refractivity contribution in [2.24, 2.45) is 0 Å². The highest BCUT2D eigenvalue weighted by Crippen LogP contribution is 2.37. The van der Waals surface area contributed by atoms with Crippen LogP contribution in [-0.4, -0.2) is 36.6 Å². The Morgan fingerprint density at radius 2 is 1.72 bits per heavy atom. The van der Waals surface area contributed by atoms with E-state index < -0.39 is 0 Å². The minimum atomic E-state index is -0.203. The van der Waals surface area contributed by atoms with E-state index in [9.17, 15) is 4.79 Å². The number of hydrogen-bond acceptors (Lipinski definition) is 4. The van der Waals surface area contributed by atoms with Crippen LogP contribution in [0.5, 0.6) is 11.5 Å². The monoisotopic (exact) mass is 428 g/mol. The summed E-state index contributed by atoms with van der Waals surface area (Å²) in [7, 11) is 1.66. The van der Waals surface area contributed by atoms with E-state index in [-0.39, 0.29) is 18.1 Å². The van der Waals surface area contributed by atoms with Gasteiger partial charge in [-0.05, 0) is 47.9 Å². The zero-order valence-electron chi connectivity index (χ0n) is 18.5. The van der Waals surface area contributed by atoms with Gasteiger partial charge >= 0.3 is 0 Å². The third-order valence-electron chi connectivity index (χ3n) is 6.50. The molecule has 164 valence electrons. The van der Waals surface area contributed by atoms with Gasteiger partial charge in [0.05, 0.1) is 25.4 Å². The summed E-state index contributed by atoms with van der Waals surface area (Å²) in [5.41, 5.74) is 4.39. The van der Waals surface area contributed by atoms with Crippen LogP contribution in [0, 0.1) is 6.92 Å². The van der Waals surface area contributed by atoms with Gasteiger partial charge in [-0.1, -0.05) is 48.5 Å². The van der Waals surface area contributed by atoms with E-state index in [0.717, 1.165) is 35.8 Å². The standard InChI is InChI=1S/C27H28N2O3/c1-19-7-3-4-8-21(19)17-28-18-23-15-25(28)27(30)29(24-9-5-6-10-26(24)32-23)16-20-11-13-22(31-2)14-12-20/h3-14,23,25H,15-18H2,1-2H3/t23-,25-/m0/s1. The summed E-state index contributed by atoms with van der Waals surface area (Å²) in [6, 6.07) is 23.9. The molecule has 0 spiro atoms. The van der Waals surface area contributed by atoms with Crippen molar-refractivity contribution in [1.29, 1.82) is 0 Å². The highest BCUT2D eigenvalue weighted by molar-refractivity contribution is 5.99. The average Bonchev–Trinajstić information content (AvgIpc) is 3.22. The highest BCUT2D eigenvalue weighted by Gasteiger charge is 2.42. The Morgan fingerprint density at radius 3 is 2.50 bits per heavy atom. The van der Waals surface area contributed by atoms with Gasteiger partial charge in [0.2, 0.25) is 5.91 Å². The second-order valence-electron chi connectivity index (χ2n) is 8.59. The molecule has 5 rings (SSSR count). The van der Waals surface area contributed by atoms with Crippen LogP contribution in [0.1, 0.15) is 23.1 Å². The Labute approximate surface area is 189 Å². The van der Waals surface area contributed by atoms with Gasteiger partial charge in [-0.2, -0.15) is 0 Å². The molecule has 2 atom stereocenters. The number of nitrogens with zero attached hydrogens (tertiary/aromatic N) is 2. The summed E-state index contributed by atoms with van der Waals surface area (Å²) in [6.07, 6.45) is 0.718. The number of carbonyl (C=O) groups excluding carboxylic acids is 1.